The van der Waals surface area contributed by atoms with E-state index in [1.807, 2.05) is 85.8 Å². The van der Waals surface area contributed by atoms with Crippen molar-refractivity contribution in [2.24, 2.45) is 5.92 Å². The highest BCUT2D eigenvalue weighted by atomic mass is 32.1. The first-order chi connectivity index (χ1) is 21.0. The van der Waals surface area contributed by atoms with Crippen LogP contribution in [0.2, 0.25) is 0 Å². The standard InChI is InChI=1S/C34H37N5O3S/c1-24(14-11-12-17-25-15-5-2-6-16-25)31(40)35-30(27-20-9-4-10-21-27)34(42)39-23-13-22-28(39)32(41)36-33-29(37-38-43-33)26-18-7-3-8-19-26/h2-10,15-16,18-21,24,28,30H,11-14,17,22-23H2,1H3,(H,35,40)(H,36,41)/t24?,28-,30-/m0/s1. The van der Waals surface area contributed by atoms with Crippen molar-refractivity contribution in [1.82, 2.24) is 19.8 Å². The number of nitrogens with one attached hydrogen (secondary N) is 2. The van der Waals surface area contributed by atoms with Crippen molar-refractivity contribution in [2.75, 3.05) is 11.9 Å². The minimum Gasteiger partial charge on any atom is -0.340 e. The summed E-state index contributed by atoms with van der Waals surface area (Å²) >= 11 is 1.11. The Morgan fingerprint density at radius 3 is 2.33 bits per heavy atom. The van der Waals surface area contributed by atoms with Crippen LogP contribution in [-0.4, -0.2) is 44.8 Å². The third-order valence-corrected chi connectivity index (χ3v) is 8.56. The minimum absolute atomic E-state index is 0.162. The van der Waals surface area contributed by atoms with Gasteiger partial charge in [0.1, 0.15) is 22.8 Å². The Morgan fingerprint density at radius 2 is 1.60 bits per heavy atom. The maximum atomic E-state index is 14.0. The Kier molecular flexibility index (Phi) is 10.3. The topological polar surface area (TPSA) is 104 Å². The summed E-state index contributed by atoms with van der Waals surface area (Å²) in [6.07, 6.45) is 4.86. The number of aryl methyl sites for hydroxylation is 1. The molecule has 3 atom stereocenters. The smallest absolute Gasteiger partial charge is 0.250 e. The Morgan fingerprint density at radius 1 is 0.930 bits per heavy atom. The zero-order chi connectivity index (χ0) is 30.0. The van der Waals surface area contributed by atoms with E-state index in [0.717, 1.165) is 42.8 Å². The first-order valence-electron chi connectivity index (χ1n) is 14.9. The summed E-state index contributed by atoms with van der Waals surface area (Å²) in [5, 5.41) is 10.7. The molecule has 0 radical (unpaired) electrons. The summed E-state index contributed by atoms with van der Waals surface area (Å²) in [7, 11) is 0. The van der Waals surface area contributed by atoms with Crippen LogP contribution in [0.1, 0.15) is 56.2 Å². The summed E-state index contributed by atoms with van der Waals surface area (Å²) in [4.78, 5) is 42.5. The average molecular weight is 596 g/mol. The average Bonchev–Trinajstić information content (AvgIpc) is 3.73. The van der Waals surface area contributed by atoms with E-state index >= 15 is 0 Å². The molecule has 0 spiro atoms. The summed E-state index contributed by atoms with van der Waals surface area (Å²) in [5.74, 6) is -0.966. The van der Waals surface area contributed by atoms with Gasteiger partial charge in [0, 0.05) is 29.6 Å². The summed E-state index contributed by atoms with van der Waals surface area (Å²) in [5.41, 5.74) is 3.44. The molecule has 8 nitrogen and oxygen atoms in total. The molecule has 2 N–H and O–H groups in total. The van der Waals surface area contributed by atoms with Crippen molar-refractivity contribution in [3.63, 3.8) is 0 Å². The normalized spacial score (nSPS) is 15.9. The molecule has 5 rings (SSSR count). The number of likely N-dealkylation sites (tertiary alicyclic amines) is 1. The van der Waals surface area contributed by atoms with Gasteiger partial charge in [-0.15, -0.1) is 5.10 Å². The van der Waals surface area contributed by atoms with Crippen molar-refractivity contribution in [3.05, 3.63) is 102 Å². The highest BCUT2D eigenvalue weighted by Crippen LogP contribution is 2.30. The predicted molar refractivity (Wildman–Crippen MR) is 169 cm³/mol. The van der Waals surface area contributed by atoms with Crippen molar-refractivity contribution in [3.8, 4) is 11.3 Å². The molecule has 1 aromatic heterocycles. The van der Waals surface area contributed by atoms with Crippen LogP contribution in [0.3, 0.4) is 0 Å². The number of rotatable bonds is 12. The van der Waals surface area contributed by atoms with Crippen LogP contribution in [0.5, 0.6) is 0 Å². The van der Waals surface area contributed by atoms with E-state index in [0.29, 0.717) is 35.6 Å². The van der Waals surface area contributed by atoms with E-state index in [1.165, 1.54) is 5.56 Å². The highest BCUT2D eigenvalue weighted by Gasteiger charge is 2.39. The molecule has 9 heteroatoms. The fourth-order valence-electron chi connectivity index (χ4n) is 5.49. The predicted octanol–water partition coefficient (Wildman–Crippen LogP) is 6.04. The third-order valence-electron chi connectivity index (χ3n) is 7.92. The number of anilines is 1. The molecule has 3 amide bonds. The number of aromatic nitrogens is 2. The maximum absolute atomic E-state index is 14.0. The lowest BCUT2D eigenvalue weighted by molar-refractivity contribution is -0.140. The van der Waals surface area contributed by atoms with E-state index < -0.39 is 12.1 Å². The van der Waals surface area contributed by atoms with Gasteiger partial charge in [-0.2, -0.15) is 0 Å². The highest BCUT2D eigenvalue weighted by molar-refractivity contribution is 7.10. The lowest BCUT2D eigenvalue weighted by Gasteiger charge is -2.29. The zero-order valence-corrected chi connectivity index (χ0v) is 25.1. The maximum Gasteiger partial charge on any atom is 0.250 e. The molecule has 3 aromatic carbocycles. The summed E-state index contributed by atoms with van der Waals surface area (Å²) in [6.45, 7) is 2.35. The van der Waals surface area contributed by atoms with Gasteiger partial charge in [-0.3, -0.25) is 14.4 Å². The largest absolute Gasteiger partial charge is 0.340 e. The lowest BCUT2D eigenvalue weighted by Crippen LogP contribution is -2.49. The molecule has 1 aliphatic heterocycles. The van der Waals surface area contributed by atoms with Crippen LogP contribution in [0.15, 0.2) is 91.0 Å². The molecule has 0 saturated carbocycles. The van der Waals surface area contributed by atoms with Crippen LogP contribution in [0, 0.1) is 5.92 Å². The SMILES string of the molecule is CC(CCCCc1ccccc1)C(=O)N[C@H](C(=O)N1CCC[C@H]1C(=O)Nc1snnc1-c1ccccc1)c1ccccc1. The van der Waals surface area contributed by atoms with Gasteiger partial charge in [0.2, 0.25) is 17.7 Å². The van der Waals surface area contributed by atoms with Crippen LogP contribution >= 0.6 is 11.5 Å². The van der Waals surface area contributed by atoms with Crippen molar-refractivity contribution in [1.29, 1.82) is 0 Å². The van der Waals surface area contributed by atoms with Crippen molar-refractivity contribution in [2.45, 2.75) is 57.5 Å². The third kappa shape index (κ3) is 7.73. The Hall–Kier alpha value is -4.37. The molecule has 222 valence electrons. The van der Waals surface area contributed by atoms with Crippen LogP contribution in [0.4, 0.5) is 5.00 Å². The van der Waals surface area contributed by atoms with Crippen molar-refractivity contribution < 1.29 is 14.4 Å². The molecule has 43 heavy (non-hydrogen) atoms. The van der Waals surface area contributed by atoms with E-state index in [2.05, 4.69) is 32.4 Å². The Bertz CT molecular complexity index is 1500. The Balaban J connectivity index is 1.24. The van der Waals surface area contributed by atoms with Crippen molar-refractivity contribution >= 4 is 34.3 Å². The summed E-state index contributed by atoms with van der Waals surface area (Å²) in [6, 6.07) is 27.6. The molecule has 0 aliphatic carbocycles. The number of unbranched alkanes of at least 4 members (excludes halogenated alkanes) is 1. The number of nitrogens with zero attached hydrogens (tertiary/aromatic N) is 3. The number of hydrogen-bond donors (Lipinski definition) is 2. The Labute approximate surface area is 256 Å². The number of carbonyl (C=O) groups excluding carboxylic acids is 3. The minimum atomic E-state index is -0.876. The molecule has 2 heterocycles. The number of hydrogen-bond acceptors (Lipinski definition) is 6. The molecule has 1 saturated heterocycles. The van der Waals surface area contributed by atoms with Crippen LogP contribution in [0.25, 0.3) is 11.3 Å². The zero-order valence-electron chi connectivity index (χ0n) is 24.3. The van der Waals surface area contributed by atoms with Gasteiger partial charge in [-0.05, 0) is 43.2 Å². The fourth-order valence-corrected chi connectivity index (χ4v) is 6.09. The van der Waals surface area contributed by atoms with Gasteiger partial charge in [0.25, 0.3) is 0 Å². The number of carbonyl (C=O) groups is 3. The quantitative estimate of drug-likeness (QED) is 0.194. The van der Waals surface area contributed by atoms with Gasteiger partial charge in [-0.1, -0.05) is 109 Å². The van der Waals surface area contributed by atoms with E-state index in [-0.39, 0.29) is 23.6 Å². The molecular formula is C34H37N5O3S. The molecule has 1 aliphatic rings. The van der Waals surface area contributed by atoms with Gasteiger partial charge < -0.3 is 15.5 Å². The second kappa shape index (κ2) is 14.7. The molecular weight excluding hydrogens is 558 g/mol. The fraction of sp³-hybridized carbons (Fsp3) is 0.324. The second-order valence-corrected chi connectivity index (χ2v) is 11.7. The molecule has 1 fully saturated rings. The lowest BCUT2D eigenvalue weighted by atomic mass is 9.98. The van der Waals surface area contributed by atoms with Crippen LogP contribution in [-0.2, 0) is 20.8 Å². The monoisotopic (exact) mass is 595 g/mol. The first-order valence-corrected chi connectivity index (χ1v) is 15.7. The number of amides is 3. The van der Waals surface area contributed by atoms with Gasteiger partial charge in [-0.25, -0.2) is 0 Å². The molecule has 0 bridgehead atoms. The number of benzene rings is 3. The van der Waals surface area contributed by atoms with Gasteiger partial charge >= 0.3 is 0 Å². The van der Waals surface area contributed by atoms with E-state index in [1.54, 1.807) is 4.90 Å². The van der Waals surface area contributed by atoms with Crippen LogP contribution < -0.4 is 10.6 Å². The second-order valence-electron chi connectivity index (χ2n) is 11.0. The first kappa shape index (κ1) is 30.1. The molecule has 1 unspecified atom stereocenters. The molecule has 4 aromatic rings. The van der Waals surface area contributed by atoms with E-state index in [4.69, 9.17) is 0 Å². The van der Waals surface area contributed by atoms with Gasteiger partial charge in [0.15, 0.2) is 0 Å². The van der Waals surface area contributed by atoms with E-state index in [9.17, 15) is 14.4 Å². The summed E-state index contributed by atoms with van der Waals surface area (Å²) < 4.78 is 4.04. The van der Waals surface area contributed by atoms with Gasteiger partial charge in [0.05, 0.1) is 0 Å².